The number of carbonyl (C=O) groups is 1. The second-order valence-corrected chi connectivity index (χ2v) is 4.90. The van der Waals surface area contributed by atoms with Gasteiger partial charge in [0.25, 0.3) is 0 Å². The Morgan fingerprint density at radius 2 is 2.10 bits per heavy atom. The molecule has 3 rings (SSSR count). The van der Waals surface area contributed by atoms with Crippen LogP contribution in [0, 0.1) is 0 Å². The van der Waals surface area contributed by atoms with Crippen LogP contribution in [-0.2, 0) is 10.3 Å². The standard InChI is InChI=1S/C12H12N6O2/c1-12(2,11(19)20)18-10(15-16-17-18)9-7-5-3-4-6-8(7)13-14-9/h3-6H,1-2H3,(H,13,14)(H,19,20). The fourth-order valence-electron chi connectivity index (χ4n) is 1.94. The van der Waals surface area contributed by atoms with Crippen molar-refractivity contribution in [3.63, 3.8) is 0 Å². The Morgan fingerprint density at radius 3 is 2.85 bits per heavy atom. The Labute approximate surface area is 113 Å². The lowest BCUT2D eigenvalue weighted by atomic mass is 10.1. The Bertz CT molecular complexity index is 788. The highest BCUT2D eigenvalue weighted by molar-refractivity contribution is 5.91. The average molecular weight is 272 g/mol. The van der Waals surface area contributed by atoms with E-state index in [0.29, 0.717) is 11.5 Å². The second-order valence-electron chi connectivity index (χ2n) is 4.90. The fourth-order valence-corrected chi connectivity index (χ4v) is 1.94. The number of aromatic amines is 1. The number of aliphatic carboxylic acids is 1. The normalized spacial score (nSPS) is 11.9. The summed E-state index contributed by atoms with van der Waals surface area (Å²) in [6.07, 6.45) is 0. The number of fused-ring (bicyclic) bond motifs is 1. The van der Waals surface area contributed by atoms with Gasteiger partial charge < -0.3 is 5.11 Å². The summed E-state index contributed by atoms with van der Waals surface area (Å²) in [6, 6.07) is 7.51. The molecule has 0 radical (unpaired) electrons. The molecule has 0 amide bonds. The zero-order chi connectivity index (χ0) is 14.3. The average Bonchev–Trinajstić information content (AvgIpc) is 3.04. The van der Waals surface area contributed by atoms with E-state index >= 15 is 0 Å². The smallest absolute Gasteiger partial charge is 0.331 e. The van der Waals surface area contributed by atoms with Crippen LogP contribution in [0.3, 0.4) is 0 Å². The summed E-state index contributed by atoms with van der Waals surface area (Å²) in [5.74, 6) is -0.708. The summed E-state index contributed by atoms with van der Waals surface area (Å²) >= 11 is 0. The number of nitrogens with one attached hydrogen (secondary N) is 1. The van der Waals surface area contributed by atoms with E-state index in [0.717, 1.165) is 10.9 Å². The van der Waals surface area contributed by atoms with Gasteiger partial charge in [-0.15, -0.1) is 5.10 Å². The second kappa shape index (κ2) is 4.12. The molecular weight excluding hydrogens is 260 g/mol. The highest BCUT2D eigenvalue weighted by atomic mass is 16.4. The van der Waals surface area contributed by atoms with Crippen LogP contribution in [0.25, 0.3) is 22.4 Å². The maximum absolute atomic E-state index is 11.4. The summed E-state index contributed by atoms with van der Waals surface area (Å²) in [4.78, 5) is 11.4. The molecule has 3 aromatic rings. The largest absolute Gasteiger partial charge is 0.479 e. The first-order chi connectivity index (χ1) is 9.51. The summed E-state index contributed by atoms with van der Waals surface area (Å²) in [5, 5.41) is 28.5. The van der Waals surface area contributed by atoms with Crippen LogP contribution in [0.1, 0.15) is 13.8 Å². The molecule has 0 aliphatic carbocycles. The van der Waals surface area contributed by atoms with Gasteiger partial charge in [-0.3, -0.25) is 5.10 Å². The van der Waals surface area contributed by atoms with Crippen molar-refractivity contribution in [2.45, 2.75) is 19.4 Å². The highest BCUT2D eigenvalue weighted by Gasteiger charge is 2.34. The van der Waals surface area contributed by atoms with Gasteiger partial charge in [-0.05, 0) is 30.3 Å². The molecule has 20 heavy (non-hydrogen) atoms. The third-order valence-electron chi connectivity index (χ3n) is 3.20. The predicted octanol–water partition coefficient (Wildman–Crippen LogP) is 1.04. The number of rotatable bonds is 3. The van der Waals surface area contributed by atoms with Crippen LogP contribution in [0.4, 0.5) is 0 Å². The van der Waals surface area contributed by atoms with Crippen LogP contribution in [0.5, 0.6) is 0 Å². The van der Waals surface area contributed by atoms with E-state index in [-0.39, 0.29) is 0 Å². The molecule has 1 aromatic carbocycles. The van der Waals surface area contributed by atoms with Crippen molar-refractivity contribution in [1.29, 1.82) is 0 Å². The first-order valence-electron chi connectivity index (χ1n) is 5.97. The molecule has 0 unspecified atom stereocenters. The number of carboxylic acid groups (broad SMARTS) is 1. The zero-order valence-electron chi connectivity index (χ0n) is 10.9. The molecule has 0 spiro atoms. The van der Waals surface area contributed by atoms with Crippen LogP contribution in [-0.4, -0.2) is 41.5 Å². The van der Waals surface area contributed by atoms with Crippen LogP contribution in [0.2, 0.25) is 0 Å². The third kappa shape index (κ3) is 1.65. The highest BCUT2D eigenvalue weighted by Crippen LogP contribution is 2.27. The fraction of sp³-hybridized carbons (Fsp3) is 0.250. The molecule has 0 atom stereocenters. The van der Waals surface area contributed by atoms with Gasteiger partial charge in [-0.2, -0.15) is 5.10 Å². The number of hydrogen-bond acceptors (Lipinski definition) is 5. The summed E-state index contributed by atoms with van der Waals surface area (Å²) < 4.78 is 1.26. The van der Waals surface area contributed by atoms with E-state index in [1.54, 1.807) is 0 Å². The monoisotopic (exact) mass is 272 g/mol. The first kappa shape index (κ1) is 12.3. The van der Waals surface area contributed by atoms with Crippen molar-refractivity contribution in [2.75, 3.05) is 0 Å². The first-order valence-corrected chi connectivity index (χ1v) is 5.97. The molecule has 0 aliphatic heterocycles. The quantitative estimate of drug-likeness (QED) is 0.737. The maximum Gasteiger partial charge on any atom is 0.331 e. The number of para-hydroxylation sites is 1. The SMILES string of the molecule is CC(C)(C(=O)O)n1nnnc1-c1n[nH]c2ccccc12. The number of benzene rings is 1. The van der Waals surface area contributed by atoms with E-state index in [1.807, 2.05) is 24.3 Å². The number of nitrogens with zero attached hydrogens (tertiary/aromatic N) is 5. The minimum Gasteiger partial charge on any atom is -0.479 e. The molecule has 102 valence electrons. The van der Waals surface area contributed by atoms with Crippen molar-refractivity contribution in [3.05, 3.63) is 24.3 Å². The lowest BCUT2D eigenvalue weighted by Gasteiger charge is -2.19. The van der Waals surface area contributed by atoms with E-state index in [9.17, 15) is 9.90 Å². The van der Waals surface area contributed by atoms with Crippen molar-refractivity contribution in [3.8, 4) is 11.5 Å². The number of tetrazole rings is 1. The number of hydrogen-bond donors (Lipinski definition) is 2. The van der Waals surface area contributed by atoms with Crippen LogP contribution >= 0.6 is 0 Å². The Kier molecular flexibility index (Phi) is 2.53. The van der Waals surface area contributed by atoms with Gasteiger partial charge >= 0.3 is 5.97 Å². The molecule has 8 heteroatoms. The van der Waals surface area contributed by atoms with Gasteiger partial charge in [0.2, 0.25) is 5.82 Å². The summed E-state index contributed by atoms with van der Waals surface area (Å²) in [7, 11) is 0. The third-order valence-corrected chi connectivity index (χ3v) is 3.20. The van der Waals surface area contributed by atoms with E-state index in [1.165, 1.54) is 18.5 Å². The molecule has 0 saturated carbocycles. The minimum absolute atomic E-state index is 0.315. The zero-order valence-corrected chi connectivity index (χ0v) is 10.9. The van der Waals surface area contributed by atoms with Gasteiger partial charge in [-0.1, -0.05) is 18.2 Å². The van der Waals surface area contributed by atoms with Crippen molar-refractivity contribution in [2.24, 2.45) is 0 Å². The minimum atomic E-state index is -1.26. The van der Waals surface area contributed by atoms with Gasteiger partial charge in [0.1, 0.15) is 5.69 Å². The number of aromatic nitrogens is 6. The van der Waals surface area contributed by atoms with E-state index < -0.39 is 11.5 Å². The summed E-state index contributed by atoms with van der Waals surface area (Å²) in [6.45, 7) is 3.06. The molecule has 0 aliphatic rings. The van der Waals surface area contributed by atoms with Crippen molar-refractivity contribution >= 4 is 16.9 Å². The van der Waals surface area contributed by atoms with Crippen LogP contribution in [0.15, 0.2) is 24.3 Å². The van der Waals surface area contributed by atoms with Gasteiger partial charge in [0, 0.05) is 5.39 Å². The summed E-state index contributed by atoms with van der Waals surface area (Å²) in [5.41, 5.74) is 0.101. The topological polar surface area (TPSA) is 110 Å². The maximum atomic E-state index is 11.4. The predicted molar refractivity (Wildman–Crippen MR) is 69.9 cm³/mol. The molecule has 0 saturated heterocycles. The molecule has 2 N–H and O–H groups in total. The molecule has 2 heterocycles. The number of carboxylic acids is 1. The van der Waals surface area contributed by atoms with Gasteiger partial charge in [0.05, 0.1) is 5.52 Å². The number of H-pyrrole nitrogens is 1. The van der Waals surface area contributed by atoms with Gasteiger partial charge in [-0.25, -0.2) is 9.48 Å². The van der Waals surface area contributed by atoms with Crippen molar-refractivity contribution < 1.29 is 9.90 Å². The lowest BCUT2D eigenvalue weighted by molar-refractivity contribution is -0.146. The van der Waals surface area contributed by atoms with E-state index in [2.05, 4.69) is 25.7 Å². The molecule has 0 bridgehead atoms. The lowest BCUT2D eigenvalue weighted by Crippen LogP contribution is -2.37. The molecular formula is C12H12N6O2. The Hall–Kier alpha value is -2.77. The van der Waals surface area contributed by atoms with Crippen LogP contribution < -0.4 is 0 Å². The Morgan fingerprint density at radius 1 is 1.35 bits per heavy atom. The Balaban J connectivity index is 2.22. The van der Waals surface area contributed by atoms with E-state index in [4.69, 9.17) is 0 Å². The van der Waals surface area contributed by atoms with Gasteiger partial charge in [0.15, 0.2) is 5.54 Å². The molecule has 0 fully saturated rings. The molecule has 8 nitrogen and oxygen atoms in total. The van der Waals surface area contributed by atoms with Crippen molar-refractivity contribution in [1.82, 2.24) is 30.4 Å². The molecule has 2 aromatic heterocycles.